The van der Waals surface area contributed by atoms with Gasteiger partial charge >= 0.3 is 7.12 Å². The summed E-state index contributed by atoms with van der Waals surface area (Å²) >= 11 is 0. The Kier molecular flexibility index (Phi) is 5.35. The summed E-state index contributed by atoms with van der Waals surface area (Å²) in [7, 11) is 2.81. The molecule has 92 valence electrons. The van der Waals surface area contributed by atoms with Crippen LogP contribution in [0.1, 0.15) is 23.2 Å². The van der Waals surface area contributed by atoms with Crippen LogP contribution in [0.3, 0.4) is 0 Å². The monoisotopic (exact) mass is 235 g/mol. The van der Waals surface area contributed by atoms with Crippen molar-refractivity contribution in [3.8, 4) is 0 Å². The second kappa shape index (κ2) is 6.54. The highest BCUT2D eigenvalue weighted by molar-refractivity contribution is 6.58. The molecule has 17 heavy (non-hydrogen) atoms. The molecule has 2 rings (SSSR count). The zero-order valence-corrected chi connectivity index (χ0v) is 10.2. The van der Waals surface area contributed by atoms with E-state index in [0.29, 0.717) is 17.3 Å². The van der Waals surface area contributed by atoms with Gasteiger partial charge in [0.15, 0.2) is 0 Å². The molecule has 0 bridgehead atoms. The van der Waals surface area contributed by atoms with Crippen molar-refractivity contribution in [1.29, 1.82) is 0 Å². The van der Waals surface area contributed by atoms with Crippen LogP contribution in [0.15, 0.2) is 24.3 Å². The lowest BCUT2D eigenvalue weighted by molar-refractivity contribution is 0.112. The molecule has 0 spiro atoms. The van der Waals surface area contributed by atoms with E-state index in [2.05, 4.69) is 19.0 Å². The first-order chi connectivity index (χ1) is 8.04. The number of carbonyl (C=O) groups excluding carboxylic acids is 1. The molecule has 1 aliphatic carbocycles. The molecule has 0 radical (unpaired) electrons. The normalized spacial score (nSPS) is 13.9. The topological polar surface area (TPSA) is 60.8 Å². The predicted molar refractivity (Wildman–Crippen MR) is 68.4 cm³/mol. The summed E-state index contributed by atoms with van der Waals surface area (Å²) in [5.41, 5.74) is 0.907. The quantitative estimate of drug-likeness (QED) is 0.566. The Bertz CT molecular complexity index is 347. The van der Waals surface area contributed by atoms with Crippen LogP contribution in [-0.4, -0.2) is 48.5 Å². The van der Waals surface area contributed by atoms with Gasteiger partial charge in [-0.05, 0) is 32.4 Å². The fraction of sp³-hybridized carbons (Fsp3) is 0.417. The summed E-state index contributed by atoms with van der Waals surface area (Å²) in [6.45, 7) is 0. The van der Waals surface area contributed by atoms with Crippen LogP contribution in [0.25, 0.3) is 0 Å². The average molecular weight is 235 g/mol. The number of aldehydes is 1. The van der Waals surface area contributed by atoms with Crippen molar-refractivity contribution in [1.82, 2.24) is 4.90 Å². The number of hydrogen-bond donors (Lipinski definition) is 2. The molecule has 4 nitrogen and oxygen atoms in total. The summed E-state index contributed by atoms with van der Waals surface area (Å²) in [5, 5.41) is 17.3. The third-order valence-electron chi connectivity index (χ3n) is 2.65. The van der Waals surface area contributed by atoms with E-state index < -0.39 is 7.12 Å². The van der Waals surface area contributed by atoms with Crippen molar-refractivity contribution in [3.05, 3.63) is 29.8 Å². The summed E-state index contributed by atoms with van der Waals surface area (Å²) in [4.78, 5) is 12.4. The van der Waals surface area contributed by atoms with Gasteiger partial charge in [0.05, 0.1) is 0 Å². The van der Waals surface area contributed by atoms with E-state index in [-0.39, 0.29) is 0 Å². The number of nitrogens with zero attached hydrogens (tertiary/aromatic N) is 1. The van der Waals surface area contributed by atoms with Crippen molar-refractivity contribution in [2.45, 2.75) is 18.9 Å². The molecule has 0 aliphatic heterocycles. The van der Waals surface area contributed by atoms with E-state index in [4.69, 9.17) is 10.0 Å². The van der Waals surface area contributed by atoms with E-state index in [0.717, 1.165) is 6.04 Å². The molecule has 2 N–H and O–H groups in total. The second-order valence-electron chi connectivity index (χ2n) is 4.35. The first-order valence-electron chi connectivity index (χ1n) is 5.62. The van der Waals surface area contributed by atoms with Crippen LogP contribution < -0.4 is 5.46 Å². The molecule has 1 fully saturated rings. The molecular weight excluding hydrogens is 217 g/mol. The highest BCUT2D eigenvalue weighted by atomic mass is 16.4. The molecule has 0 atom stereocenters. The van der Waals surface area contributed by atoms with Gasteiger partial charge < -0.3 is 14.9 Å². The van der Waals surface area contributed by atoms with Crippen molar-refractivity contribution >= 4 is 18.9 Å². The lowest BCUT2D eigenvalue weighted by Gasteiger charge is -2.03. The minimum Gasteiger partial charge on any atom is -0.423 e. The Morgan fingerprint density at radius 1 is 1.24 bits per heavy atom. The third-order valence-corrected chi connectivity index (χ3v) is 2.65. The Morgan fingerprint density at radius 2 is 1.76 bits per heavy atom. The molecular formula is C12H18BNO3. The molecule has 0 saturated heterocycles. The van der Waals surface area contributed by atoms with E-state index in [1.54, 1.807) is 0 Å². The molecule has 0 unspecified atom stereocenters. The maximum Gasteiger partial charge on any atom is 0.488 e. The summed E-state index contributed by atoms with van der Waals surface area (Å²) in [6.07, 6.45) is 3.55. The van der Waals surface area contributed by atoms with Crippen molar-refractivity contribution in [3.63, 3.8) is 0 Å². The van der Waals surface area contributed by atoms with Gasteiger partial charge in [0, 0.05) is 11.6 Å². The van der Waals surface area contributed by atoms with Crippen LogP contribution in [0.5, 0.6) is 0 Å². The minimum absolute atomic E-state index is 0.385. The molecule has 1 aromatic carbocycles. The number of carbonyl (C=O) groups is 1. The van der Waals surface area contributed by atoms with E-state index in [9.17, 15) is 4.79 Å². The summed E-state index contributed by atoms with van der Waals surface area (Å²) in [6, 6.07) is 6.98. The van der Waals surface area contributed by atoms with Crippen LogP contribution in [0.4, 0.5) is 0 Å². The smallest absolute Gasteiger partial charge is 0.423 e. The summed E-state index contributed by atoms with van der Waals surface area (Å²) in [5.74, 6) is 0. The zero-order chi connectivity index (χ0) is 12.8. The van der Waals surface area contributed by atoms with Gasteiger partial charge in [0.2, 0.25) is 0 Å². The molecule has 0 aromatic heterocycles. The molecule has 5 heteroatoms. The second-order valence-corrected chi connectivity index (χ2v) is 4.35. The molecule has 0 heterocycles. The van der Waals surface area contributed by atoms with Gasteiger partial charge in [-0.15, -0.1) is 0 Å². The predicted octanol–water partition coefficient (Wildman–Crippen LogP) is -0.111. The van der Waals surface area contributed by atoms with Crippen molar-refractivity contribution < 1.29 is 14.8 Å². The highest BCUT2D eigenvalue weighted by Crippen LogP contribution is 2.23. The number of rotatable bonds is 3. The van der Waals surface area contributed by atoms with Crippen molar-refractivity contribution in [2.24, 2.45) is 0 Å². The van der Waals surface area contributed by atoms with E-state index in [1.807, 2.05) is 0 Å². The van der Waals surface area contributed by atoms with Crippen LogP contribution in [-0.2, 0) is 0 Å². The van der Waals surface area contributed by atoms with Gasteiger partial charge in [0.25, 0.3) is 0 Å². The maximum absolute atomic E-state index is 10.2. The van der Waals surface area contributed by atoms with E-state index >= 15 is 0 Å². The molecule has 1 saturated carbocycles. The summed E-state index contributed by atoms with van der Waals surface area (Å²) < 4.78 is 0. The highest BCUT2D eigenvalue weighted by Gasteiger charge is 2.22. The standard InChI is InChI=1S/C7H7BO3.C5H11N/c9-5-6-1-3-7(4-2-6)8(10)11;1-6(2)5-3-4-5/h1-5,10-11H;5H,3-4H2,1-2H3. The Morgan fingerprint density at radius 3 is 2.00 bits per heavy atom. The Labute approximate surface area is 102 Å². The van der Waals surface area contributed by atoms with E-state index in [1.165, 1.54) is 37.1 Å². The number of benzene rings is 1. The van der Waals surface area contributed by atoms with Crippen LogP contribution >= 0.6 is 0 Å². The molecule has 1 aliphatic rings. The van der Waals surface area contributed by atoms with Gasteiger partial charge in [-0.3, -0.25) is 4.79 Å². The Balaban J connectivity index is 0.000000202. The Hall–Kier alpha value is -1.17. The van der Waals surface area contributed by atoms with Gasteiger partial charge in [-0.25, -0.2) is 0 Å². The third kappa shape index (κ3) is 5.13. The van der Waals surface area contributed by atoms with Crippen molar-refractivity contribution in [2.75, 3.05) is 14.1 Å². The van der Waals surface area contributed by atoms with Gasteiger partial charge in [-0.2, -0.15) is 0 Å². The molecule has 1 aromatic rings. The SMILES string of the molecule is CN(C)C1CC1.O=Cc1ccc(B(O)O)cc1. The van der Waals surface area contributed by atoms with Crippen LogP contribution in [0, 0.1) is 0 Å². The average Bonchev–Trinajstić information content (AvgIpc) is 3.13. The molecule has 0 amide bonds. The fourth-order valence-electron chi connectivity index (χ4n) is 1.34. The van der Waals surface area contributed by atoms with Crippen LogP contribution in [0.2, 0.25) is 0 Å². The fourth-order valence-corrected chi connectivity index (χ4v) is 1.34. The van der Waals surface area contributed by atoms with Gasteiger partial charge in [0.1, 0.15) is 6.29 Å². The van der Waals surface area contributed by atoms with Gasteiger partial charge in [-0.1, -0.05) is 24.3 Å². The lowest BCUT2D eigenvalue weighted by Crippen LogP contribution is -2.29. The number of hydrogen-bond acceptors (Lipinski definition) is 4. The first-order valence-corrected chi connectivity index (χ1v) is 5.62. The lowest BCUT2D eigenvalue weighted by atomic mass is 9.80. The minimum atomic E-state index is -1.46. The largest absolute Gasteiger partial charge is 0.488 e. The first kappa shape index (κ1) is 13.9. The maximum atomic E-state index is 10.2. The zero-order valence-electron chi connectivity index (χ0n) is 10.2.